The molecule has 3 unspecified atom stereocenters. The molecule has 1 saturated heterocycles. The van der Waals surface area contributed by atoms with Crippen LogP contribution in [0.25, 0.3) is 0 Å². The summed E-state index contributed by atoms with van der Waals surface area (Å²) >= 11 is 0. The van der Waals surface area contributed by atoms with Crippen molar-refractivity contribution in [3.63, 3.8) is 0 Å². The molecule has 2 aliphatic rings. The molecular weight excluding hydrogens is 264 g/mol. The predicted octanol–water partition coefficient (Wildman–Crippen LogP) is 2.58. The fourth-order valence-electron chi connectivity index (χ4n) is 4.39. The summed E-state index contributed by atoms with van der Waals surface area (Å²) in [6.07, 6.45) is 5.85. The van der Waals surface area contributed by atoms with Crippen LogP contribution in [0.3, 0.4) is 0 Å². The van der Waals surface area contributed by atoms with Gasteiger partial charge in [0.2, 0.25) is 5.91 Å². The van der Waals surface area contributed by atoms with E-state index in [1.165, 1.54) is 6.42 Å². The van der Waals surface area contributed by atoms with E-state index in [4.69, 9.17) is 0 Å². The molecule has 5 nitrogen and oxygen atoms in total. The molecule has 1 aliphatic carbocycles. The number of carbonyl (C=O) groups is 1. The Bertz CT molecular complexity index is 496. The van der Waals surface area contributed by atoms with Crippen LogP contribution in [-0.2, 0) is 4.79 Å². The van der Waals surface area contributed by atoms with Crippen LogP contribution in [0.5, 0.6) is 0 Å². The summed E-state index contributed by atoms with van der Waals surface area (Å²) in [4.78, 5) is 19.1. The van der Waals surface area contributed by atoms with Gasteiger partial charge in [0.1, 0.15) is 12.2 Å². The first-order chi connectivity index (χ1) is 9.94. The van der Waals surface area contributed by atoms with Gasteiger partial charge in [-0.2, -0.15) is 5.10 Å². The minimum atomic E-state index is 0.206. The van der Waals surface area contributed by atoms with Gasteiger partial charge in [-0.15, -0.1) is 0 Å². The van der Waals surface area contributed by atoms with Crippen LogP contribution in [-0.4, -0.2) is 39.1 Å². The number of amides is 1. The fraction of sp³-hybridized carbons (Fsp3) is 0.812. The Hall–Kier alpha value is -1.39. The van der Waals surface area contributed by atoms with Crippen molar-refractivity contribution in [1.82, 2.24) is 20.1 Å². The Labute approximate surface area is 126 Å². The Kier molecular flexibility index (Phi) is 3.76. The molecule has 1 N–H and O–H groups in total. The van der Waals surface area contributed by atoms with E-state index in [-0.39, 0.29) is 5.92 Å². The molecule has 2 heterocycles. The molecule has 1 saturated carbocycles. The minimum absolute atomic E-state index is 0.206. The molecule has 116 valence electrons. The van der Waals surface area contributed by atoms with Gasteiger partial charge in [0, 0.05) is 24.9 Å². The minimum Gasteiger partial charge on any atom is -0.342 e. The first-order valence-corrected chi connectivity index (χ1v) is 8.09. The van der Waals surface area contributed by atoms with Crippen molar-refractivity contribution in [2.45, 2.75) is 52.4 Å². The highest BCUT2D eigenvalue weighted by atomic mass is 16.2. The molecule has 0 aromatic carbocycles. The van der Waals surface area contributed by atoms with Crippen LogP contribution >= 0.6 is 0 Å². The van der Waals surface area contributed by atoms with Gasteiger partial charge in [-0.3, -0.25) is 9.89 Å². The average molecular weight is 290 g/mol. The molecule has 1 aromatic rings. The number of hydrogen-bond donors (Lipinski definition) is 1. The highest BCUT2D eigenvalue weighted by molar-refractivity contribution is 5.79. The van der Waals surface area contributed by atoms with Gasteiger partial charge < -0.3 is 4.90 Å². The third-order valence-electron chi connectivity index (χ3n) is 5.06. The summed E-state index contributed by atoms with van der Waals surface area (Å²) in [7, 11) is 0. The van der Waals surface area contributed by atoms with Gasteiger partial charge in [0.25, 0.3) is 0 Å². The highest BCUT2D eigenvalue weighted by Crippen LogP contribution is 2.42. The van der Waals surface area contributed by atoms with Crippen LogP contribution in [0.1, 0.15) is 58.2 Å². The molecule has 1 aliphatic heterocycles. The van der Waals surface area contributed by atoms with E-state index in [0.717, 1.165) is 38.2 Å². The number of rotatable bonds is 2. The Morgan fingerprint density at radius 1 is 1.43 bits per heavy atom. The highest BCUT2D eigenvalue weighted by Gasteiger charge is 2.39. The maximum Gasteiger partial charge on any atom is 0.225 e. The molecule has 0 bridgehead atoms. The number of likely N-dealkylation sites (tertiary alicyclic amines) is 1. The van der Waals surface area contributed by atoms with Crippen LogP contribution in [0.2, 0.25) is 0 Å². The molecule has 0 spiro atoms. The molecule has 21 heavy (non-hydrogen) atoms. The monoisotopic (exact) mass is 290 g/mol. The van der Waals surface area contributed by atoms with Crippen molar-refractivity contribution in [1.29, 1.82) is 0 Å². The lowest BCUT2D eigenvalue weighted by molar-refractivity contribution is -0.137. The predicted molar refractivity (Wildman–Crippen MR) is 80.6 cm³/mol. The maximum absolute atomic E-state index is 12.8. The molecule has 1 amide bonds. The number of nitrogens with zero attached hydrogens (tertiary/aromatic N) is 3. The molecular formula is C16H26N4O. The van der Waals surface area contributed by atoms with Crippen LogP contribution in [0, 0.1) is 17.3 Å². The number of aromatic nitrogens is 3. The summed E-state index contributed by atoms with van der Waals surface area (Å²) in [5, 5.41) is 6.86. The van der Waals surface area contributed by atoms with Crippen molar-refractivity contribution in [2.75, 3.05) is 13.1 Å². The smallest absolute Gasteiger partial charge is 0.225 e. The van der Waals surface area contributed by atoms with Crippen molar-refractivity contribution in [3.8, 4) is 0 Å². The van der Waals surface area contributed by atoms with E-state index >= 15 is 0 Å². The lowest BCUT2D eigenvalue weighted by atomic mass is 9.67. The van der Waals surface area contributed by atoms with E-state index in [1.807, 2.05) is 4.90 Å². The zero-order valence-electron chi connectivity index (χ0n) is 13.3. The van der Waals surface area contributed by atoms with E-state index in [9.17, 15) is 4.79 Å². The SMILES string of the molecule is CC1CC(C(=O)N2CCC(c3ncn[nH]3)C2)CC(C)(C)C1. The van der Waals surface area contributed by atoms with Gasteiger partial charge in [0.05, 0.1) is 0 Å². The normalized spacial score (nSPS) is 32.3. The van der Waals surface area contributed by atoms with Gasteiger partial charge in [-0.1, -0.05) is 20.8 Å². The number of aromatic amines is 1. The van der Waals surface area contributed by atoms with Crippen molar-refractivity contribution < 1.29 is 4.79 Å². The first kappa shape index (κ1) is 14.5. The maximum atomic E-state index is 12.8. The summed E-state index contributed by atoms with van der Waals surface area (Å²) in [5.41, 5.74) is 0.294. The summed E-state index contributed by atoms with van der Waals surface area (Å²) in [5.74, 6) is 2.46. The average Bonchev–Trinajstić information content (AvgIpc) is 3.06. The molecule has 3 rings (SSSR count). The Morgan fingerprint density at radius 3 is 2.90 bits per heavy atom. The van der Waals surface area contributed by atoms with Crippen molar-refractivity contribution in [3.05, 3.63) is 12.2 Å². The second kappa shape index (κ2) is 5.43. The lowest BCUT2D eigenvalue weighted by Crippen LogP contribution is -2.40. The quantitative estimate of drug-likeness (QED) is 0.910. The Morgan fingerprint density at radius 2 is 2.24 bits per heavy atom. The van der Waals surface area contributed by atoms with Crippen LogP contribution in [0.15, 0.2) is 6.33 Å². The van der Waals surface area contributed by atoms with Crippen LogP contribution in [0.4, 0.5) is 0 Å². The third kappa shape index (κ3) is 3.11. The van der Waals surface area contributed by atoms with Crippen molar-refractivity contribution in [2.24, 2.45) is 17.3 Å². The van der Waals surface area contributed by atoms with Crippen molar-refractivity contribution >= 4 is 5.91 Å². The number of nitrogens with one attached hydrogen (secondary N) is 1. The molecule has 3 atom stereocenters. The summed E-state index contributed by atoms with van der Waals surface area (Å²) in [6.45, 7) is 8.52. The number of hydrogen-bond acceptors (Lipinski definition) is 3. The lowest BCUT2D eigenvalue weighted by Gasteiger charge is -2.39. The topological polar surface area (TPSA) is 61.9 Å². The molecule has 0 radical (unpaired) electrons. The van der Waals surface area contributed by atoms with Gasteiger partial charge in [-0.25, -0.2) is 4.98 Å². The van der Waals surface area contributed by atoms with Gasteiger partial charge in [-0.05, 0) is 37.0 Å². The van der Waals surface area contributed by atoms with E-state index in [2.05, 4.69) is 36.0 Å². The van der Waals surface area contributed by atoms with Gasteiger partial charge in [0.15, 0.2) is 0 Å². The standard InChI is InChI=1S/C16H26N4O/c1-11-6-13(8-16(2,3)7-11)15(21)20-5-4-12(9-20)14-17-10-18-19-14/h10-13H,4-9H2,1-3H3,(H,17,18,19). The third-order valence-corrected chi connectivity index (χ3v) is 5.06. The molecule has 1 aromatic heterocycles. The number of H-pyrrole nitrogens is 1. The molecule has 2 fully saturated rings. The van der Waals surface area contributed by atoms with E-state index in [0.29, 0.717) is 23.2 Å². The number of carbonyl (C=O) groups excluding carboxylic acids is 1. The van der Waals surface area contributed by atoms with E-state index < -0.39 is 0 Å². The largest absolute Gasteiger partial charge is 0.342 e. The summed E-state index contributed by atoms with van der Waals surface area (Å²) < 4.78 is 0. The van der Waals surface area contributed by atoms with Gasteiger partial charge >= 0.3 is 0 Å². The zero-order chi connectivity index (χ0) is 15.0. The second-order valence-corrected chi connectivity index (χ2v) is 7.75. The van der Waals surface area contributed by atoms with E-state index in [1.54, 1.807) is 6.33 Å². The van der Waals surface area contributed by atoms with Crippen LogP contribution < -0.4 is 0 Å². The molecule has 5 heteroatoms. The summed E-state index contributed by atoms with van der Waals surface area (Å²) in [6, 6.07) is 0. The second-order valence-electron chi connectivity index (χ2n) is 7.75. The Balaban J connectivity index is 1.63. The fourth-order valence-corrected chi connectivity index (χ4v) is 4.39. The first-order valence-electron chi connectivity index (χ1n) is 8.09. The zero-order valence-corrected chi connectivity index (χ0v) is 13.3.